The molecule has 0 saturated heterocycles. The molecule has 1 N–H and O–H groups in total. The molecule has 2 unspecified atom stereocenters. The van der Waals surface area contributed by atoms with Crippen molar-refractivity contribution in [3.63, 3.8) is 0 Å². The second kappa shape index (κ2) is 7.37. The third-order valence-electron chi connectivity index (χ3n) is 2.87. The van der Waals surface area contributed by atoms with Crippen LogP contribution in [0.25, 0.3) is 0 Å². The van der Waals surface area contributed by atoms with E-state index < -0.39 is 0 Å². The van der Waals surface area contributed by atoms with Crippen molar-refractivity contribution in [2.75, 3.05) is 6.54 Å². The lowest BCUT2D eigenvalue weighted by atomic mass is 9.90. The van der Waals surface area contributed by atoms with E-state index in [-0.39, 0.29) is 0 Å². The zero-order chi connectivity index (χ0) is 10.3. The van der Waals surface area contributed by atoms with Crippen LogP contribution in [0.4, 0.5) is 0 Å². The van der Waals surface area contributed by atoms with Crippen molar-refractivity contribution in [3.8, 4) is 0 Å². The molecule has 0 aromatic rings. The van der Waals surface area contributed by atoms with Crippen LogP contribution in [0.15, 0.2) is 0 Å². The van der Waals surface area contributed by atoms with Crippen molar-refractivity contribution in [3.05, 3.63) is 0 Å². The van der Waals surface area contributed by atoms with Gasteiger partial charge in [0.15, 0.2) is 0 Å². The van der Waals surface area contributed by atoms with Crippen LogP contribution in [0.2, 0.25) is 0 Å². The van der Waals surface area contributed by atoms with E-state index in [1.165, 1.54) is 19.3 Å². The summed E-state index contributed by atoms with van der Waals surface area (Å²) in [4.78, 5) is 0. The van der Waals surface area contributed by atoms with Gasteiger partial charge < -0.3 is 5.32 Å². The normalized spacial score (nSPS) is 16.2. The standard InChI is InChI=1S/C12H27N/c1-6-12(9-8-10(3)4)11(5)13-7-2/h10-13H,6-9H2,1-5H3. The quantitative estimate of drug-likeness (QED) is 0.640. The maximum absolute atomic E-state index is 3.52. The molecular formula is C12H27N. The second-order valence-electron chi connectivity index (χ2n) is 4.49. The fraction of sp³-hybridized carbons (Fsp3) is 1.00. The van der Waals surface area contributed by atoms with Gasteiger partial charge in [-0.15, -0.1) is 0 Å². The summed E-state index contributed by atoms with van der Waals surface area (Å²) < 4.78 is 0. The summed E-state index contributed by atoms with van der Waals surface area (Å²) in [6.45, 7) is 12.5. The first-order valence-corrected chi connectivity index (χ1v) is 5.85. The van der Waals surface area contributed by atoms with Gasteiger partial charge in [-0.3, -0.25) is 0 Å². The van der Waals surface area contributed by atoms with Crippen molar-refractivity contribution < 1.29 is 0 Å². The topological polar surface area (TPSA) is 12.0 Å². The molecular weight excluding hydrogens is 158 g/mol. The Morgan fingerprint density at radius 1 is 1.00 bits per heavy atom. The number of nitrogens with one attached hydrogen (secondary N) is 1. The lowest BCUT2D eigenvalue weighted by Crippen LogP contribution is -2.33. The van der Waals surface area contributed by atoms with Crippen molar-refractivity contribution in [1.29, 1.82) is 0 Å². The molecule has 1 heteroatoms. The van der Waals surface area contributed by atoms with E-state index in [2.05, 4.69) is 39.9 Å². The molecule has 2 atom stereocenters. The molecule has 0 fully saturated rings. The smallest absolute Gasteiger partial charge is 0.00667 e. The van der Waals surface area contributed by atoms with Gasteiger partial charge in [0, 0.05) is 6.04 Å². The predicted octanol–water partition coefficient (Wildman–Crippen LogP) is 3.45. The van der Waals surface area contributed by atoms with Gasteiger partial charge in [-0.2, -0.15) is 0 Å². The Kier molecular flexibility index (Phi) is 7.35. The minimum atomic E-state index is 0.689. The van der Waals surface area contributed by atoms with Crippen LogP contribution >= 0.6 is 0 Å². The van der Waals surface area contributed by atoms with Crippen LogP contribution in [0, 0.1) is 11.8 Å². The molecule has 13 heavy (non-hydrogen) atoms. The van der Waals surface area contributed by atoms with Crippen molar-refractivity contribution in [1.82, 2.24) is 5.32 Å². The minimum Gasteiger partial charge on any atom is -0.314 e. The van der Waals surface area contributed by atoms with Crippen LogP contribution in [-0.2, 0) is 0 Å². The number of rotatable bonds is 7. The first kappa shape index (κ1) is 13.0. The highest BCUT2D eigenvalue weighted by molar-refractivity contribution is 4.70. The van der Waals surface area contributed by atoms with Gasteiger partial charge in [0.25, 0.3) is 0 Å². The zero-order valence-electron chi connectivity index (χ0n) is 10.1. The fourth-order valence-electron chi connectivity index (χ4n) is 1.84. The first-order valence-electron chi connectivity index (χ1n) is 5.85. The molecule has 0 rings (SSSR count). The van der Waals surface area contributed by atoms with Gasteiger partial charge >= 0.3 is 0 Å². The lowest BCUT2D eigenvalue weighted by molar-refractivity contribution is 0.325. The van der Waals surface area contributed by atoms with Crippen LogP contribution in [0.5, 0.6) is 0 Å². The second-order valence-corrected chi connectivity index (χ2v) is 4.49. The van der Waals surface area contributed by atoms with Gasteiger partial charge in [-0.05, 0) is 31.7 Å². The Morgan fingerprint density at radius 2 is 1.62 bits per heavy atom. The monoisotopic (exact) mass is 185 g/mol. The highest BCUT2D eigenvalue weighted by Gasteiger charge is 2.14. The summed E-state index contributed by atoms with van der Waals surface area (Å²) in [5, 5.41) is 3.52. The van der Waals surface area contributed by atoms with Gasteiger partial charge in [0.2, 0.25) is 0 Å². The van der Waals surface area contributed by atoms with E-state index in [1.54, 1.807) is 0 Å². The largest absolute Gasteiger partial charge is 0.314 e. The van der Waals surface area contributed by atoms with Crippen LogP contribution in [0.1, 0.15) is 53.9 Å². The molecule has 0 aliphatic heterocycles. The highest BCUT2D eigenvalue weighted by atomic mass is 14.9. The summed E-state index contributed by atoms with van der Waals surface area (Å²) in [5.74, 6) is 1.71. The van der Waals surface area contributed by atoms with Gasteiger partial charge in [0.05, 0.1) is 0 Å². The summed E-state index contributed by atoms with van der Waals surface area (Å²) in [5.41, 5.74) is 0. The van der Waals surface area contributed by atoms with Gasteiger partial charge in [-0.1, -0.05) is 40.5 Å². The Labute approximate surface area is 84.3 Å². The van der Waals surface area contributed by atoms with Crippen molar-refractivity contribution in [2.45, 2.75) is 59.9 Å². The van der Waals surface area contributed by atoms with Crippen LogP contribution in [-0.4, -0.2) is 12.6 Å². The van der Waals surface area contributed by atoms with E-state index in [1.807, 2.05) is 0 Å². The molecule has 0 aliphatic rings. The highest BCUT2D eigenvalue weighted by Crippen LogP contribution is 2.18. The molecule has 0 saturated carbocycles. The van der Waals surface area contributed by atoms with Crippen LogP contribution in [0.3, 0.4) is 0 Å². The Hall–Kier alpha value is -0.0400. The van der Waals surface area contributed by atoms with E-state index in [9.17, 15) is 0 Å². The van der Waals surface area contributed by atoms with E-state index in [0.717, 1.165) is 18.4 Å². The summed E-state index contributed by atoms with van der Waals surface area (Å²) in [6, 6.07) is 0.689. The maximum Gasteiger partial charge on any atom is 0.00667 e. The molecule has 1 nitrogen and oxygen atoms in total. The molecule has 0 heterocycles. The molecule has 0 aromatic heterocycles. The van der Waals surface area contributed by atoms with Crippen molar-refractivity contribution >= 4 is 0 Å². The molecule has 0 amide bonds. The average Bonchev–Trinajstić information content (AvgIpc) is 2.05. The summed E-state index contributed by atoms with van der Waals surface area (Å²) >= 11 is 0. The zero-order valence-corrected chi connectivity index (χ0v) is 10.1. The third kappa shape index (κ3) is 6.09. The molecule has 0 bridgehead atoms. The molecule has 0 radical (unpaired) electrons. The summed E-state index contributed by atoms with van der Waals surface area (Å²) in [7, 11) is 0. The molecule has 0 spiro atoms. The SMILES string of the molecule is CCNC(C)C(CC)CCC(C)C. The summed E-state index contributed by atoms with van der Waals surface area (Å²) in [6.07, 6.45) is 4.05. The lowest BCUT2D eigenvalue weighted by Gasteiger charge is -2.24. The van der Waals surface area contributed by atoms with Gasteiger partial charge in [-0.25, -0.2) is 0 Å². The molecule has 0 aliphatic carbocycles. The number of hydrogen-bond acceptors (Lipinski definition) is 1. The molecule has 80 valence electrons. The molecule has 0 aromatic carbocycles. The van der Waals surface area contributed by atoms with Gasteiger partial charge in [0.1, 0.15) is 0 Å². The fourth-order valence-corrected chi connectivity index (χ4v) is 1.84. The van der Waals surface area contributed by atoms with E-state index in [4.69, 9.17) is 0 Å². The van der Waals surface area contributed by atoms with E-state index >= 15 is 0 Å². The predicted molar refractivity (Wildman–Crippen MR) is 61.0 cm³/mol. The first-order chi connectivity index (χ1) is 6.11. The maximum atomic E-state index is 3.52. The van der Waals surface area contributed by atoms with Crippen LogP contribution < -0.4 is 5.32 Å². The van der Waals surface area contributed by atoms with Crippen molar-refractivity contribution in [2.24, 2.45) is 11.8 Å². The van der Waals surface area contributed by atoms with E-state index in [0.29, 0.717) is 6.04 Å². The Balaban J connectivity index is 3.73. The Bertz CT molecular complexity index is 110. The number of hydrogen-bond donors (Lipinski definition) is 1. The average molecular weight is 185 g/mol. The Morgan fingerprint density at radius 3 is 2.00 bits per heavy atom. The third-order valence-corrected chi connectivity index (χ3v) is 2.87. The minimum absolute atomic E-state index is 0.689.